The van der Waals surface area contributed by atoms with E-state index in [0.717, 1.165) is 6.42 Å². The van der Waals surface area contributed by atoms with Crippen molar-refractivity contribution in [3.8, 4) is 12.3 Å². The van der Waals surface area contributed by atoms with Crippen LogP contribution in [0.4, 0.5) is 4.79 Å². The van der Waals surface area contributed by atoms with E-state index in [4.69, 9.17) is 11.5 Å². The Bertz CT molecular complexity index is 430. The fourth-order valence-corrected chi connectivity index (χ4v) is 2.12. The van der Waals surface area contributed by atoms with E-state index in [0.29, 0.717) is 13.1 Å². The zero-order valence-electron chi connectivity index (χ0n) is 11.5. The number of urea groups is 1. The summed E-state index contributed by atoms with van der Waals surface area (Å²) in [4.78, 5) is 37.7. The van der Waals surface area contributed by atoms with E-state index in [1.807, 2.05) is 6.92 Å². The van der Waals surface area contributed by atoms with Crippen molar-refractivity contribution in [2.45, 2.75) is 25.8 Å². The average Bonchev–Trinajstić information content (AvgIpc) is 2.39. The fourth-order valence-electron chi connectivity index (χ4n) is 2.12. The molecule has 0 aliphatic carbocycles. The summed E-state index contributed by atoms with van der Waals surface area (Å²) in [5.41, 5.74) is 0. The van der Waals surface area contributed by atoms with Crippen LogP contribution >= 0.6 is 0 Å². The Morgan fingerprint density at radius 1 is 1.60 bits per heavy atom. The first-order chi connectivity index (χ1) is 9.51. The number of carbonyl (C=O) groups is 3. The van der Waals surface area contributed by atoms with Crippen molar-refractivity contribution >= 4 is 17.9 Å². The quantitative estimate of drug-likeness (QED) is 0.679. The van der Waals surface area contributed by atoms with Crippen molar-refractivity contribution in [3.05, 3.63) is 0 Å². The maximum Gasteiger partial charge on any atom is 0.321 e. The van der Waals surface area contributed by atoms with E-state index in [1.165, 1.54) is 9.80 Å². The predicted molar refractivity (Wildman–Crippen MR) is 71.8 cm³/mol. The van der Waals surface area contributed by atoms with Gasteiger partial charge >= 0.3 is 12.0 Å². The Kier molecular flexibility index (Phi) is 5.84. The number of nitrogens with one attached hydrogen (secondary N) is 1. The van der Waals surface area contributed by atoms with Gasteiger partial charge in [0.05, 0.1) is 13.0 Å². The lowest BCUT2D eigenvalue weighted by Crippen LogP contribution is -2.60. The molecule has 0 bridgehead atoms. The number of carboxylic acid groups (broad SMARTS) is 1. The molecule has 1 heterocycles. The van der Waals surface area contributed by atoms with Gasteiger partial charge in [0, 0.05) is 19.6 Å². The molecule has 0 aromatic heterocycles. The third-order valence-electron chi connectivity index (χ3n) is 2.99. The van der Waals surface area contributed by atoms with Crippen molar-refractivity contribution in [2.24, 2.45) is 0 Å². The monoisotopic (exact) mass is 281 g/mol. The van der Waals surface area contributed by atoms with Crippen molar-refractivity contribution in [3.63, 3.8) is 0 Å². The molecule has 0 aromatic carbocycles. The third-order valence-corrected chi connectivity index (χ3v) is 2.99. The summed E-state index contributed by atoms with van der Waals surface area (Å²) in [6.07, 6.45) is 5.56. The third kappa shape index (κ3) is 3.88. The molecule has 1 rings (SSSR count). The van der Waals surface area contributed by atoms with Crippen LogP contribution in [0.25, 0.3) is 0 Å². The summed E-state index contributed by atoms with van der Waals surface area (Å²) in [6, 6.07) is -1.36. The van der Waals surface area contributed by atoms with Gasteiger partial charge in [-0.05, 0) is 6.42 Å². The van der Waals surface area contributed by atoms with Crippen LogP contribution in [0.5, 0.6) is 0 Å². The van der Waals surface area contributed by atoms with Crippen LogP contribution in [0, 0.1) is 12.3 Å². The second-order valence-corrected chi connectivity index (χ2v) is 4.51. The number of nitrogens with zero attached hydrogens (tertiary/aromatic N) is 2. The second-order valence-electron chi connectivity index (χ2n) is 4.51. The summed E-state index contributed by atoms with van der Waals surface area (Å²) in [5.74, 6) is 0.839. The Balaban J connectivity index is 2.87. The van der Waals surface area contributed by atoms with Crippen LogP contribution in [-0.4, -0.2) is 65.0 Å². The minimum Gasteiger partial charge on any atom is -0.481 e. The molecule has 0 aromatic rings. The van der Waals surface area contributed by atoms with Crippen LogP contribution in [0.3, 0.4) is 0 Å². The highest BCUT2D eigenvalue weighted by Gasteiger charge is 2.36. The molecule has 0 saturated carbocycles. The Morgan fingerprint density at radius 3 is 2.85 bits per heavy atom. The van der Waals surface area contributed by atoms with E-state index in [2.05, 4.69) is 11.2 Å². The average molecular weight is 281 g/mol. The van der Waals surface area contributed by atoms with Gasteiger partial charge in [0.15, 0.2) is 0 Å². The van der Waals surface area contributed by atoms with Gasteiger partial charge in [0.25, 0.3) is 0 Å². The first-order valence-corrected chi connectivity index (χ1v) is 6.49. The second kappa shape index (κ2) is 7.38. The normalized spacial score (nSPS) is 18.1. The highest BCUT2D eigenvalue weighted by molar-refractivity contribution is 5.91. The fraction of sp³-hybridized carbons (Fsp3) is 0.615. The number of hydrogen-bond donors (Lipinski definition) is 2. The standard InChI is InChI=1S/C13H19N3O4/c1-3-6-15(7-4-2)13(20)16-8-5-14-12(19)10(16)9-11(17)18/h1,10H,4-9H2,2H3,(H,14,19)(H,17,18). The molecule has 1 aliphatic rings. The zero-order chi connectivity index (χ0) is 15.1. The van der Waals surface area contributed by atoms with E-state index in [1.54, 1.807) is 0 Å². The number of amides is 3. The van der Waals surface area contributed by atoms with Gasteiger partial charge in [-0.25, -0.2) is 4.79 Å². The summed E-state index contributed by atoms with van der Waals surface area (Å²) in [7, 11) is 0. The molecule has 110 valence electrons. The number of aliphatic carboxylic acids is 1. The Hall–Kier alpha value is -2.23. The maximum atomic E-state index is 12.4. The molecule has 7 nitrogen and oxygen atoms in total. The topological polar surface area (TPSA) is 90.0 Å². The predicted octanol–water partition coefficient (Wildman–Crippen LogP) is -0.273. The molecule has 0 spiro atoms. The van der Waals surface area contributed by atoms with Crippen LogP contribution in [0.1, 0.15) is 19.8 Å². The SMILES string of the molecule is C#CCN(CCC)C(=O)N1CCNC(=O)C1CC(=O)O. The molecule has 1 atom stereocenters. The molecule has 3 amide bonds. The minimum absolute atomic E-state index is 0.143. The summed E-state index contributed by atoms with van der Waals surface area (Å²) >= 11 is 0. The molecular formula is C13H19N3O4. The maximum absolute atomic E-state index is 12.4. The molecule has 2 N–H and O–H groups in total. The molecule has 20 heavy (non-hydrogen) atoms. The van der Waals surface area contributed by atoms with Crippen molar-refractivity contribution in [1.82, 2.24) is 15.1 Å². The number of terminal acetylenes is 1. The molecule has 1 aliphatic heterocycles. The van der Waals surface area contributed by atoms with Gasteiger partial charge < -0.3 is 20.2 Å². The summed E-state index contributed by atoms with van der Waals surface area (Å²) in [5, 5.41) is 11.4. The first kappa shape index (κ1) is 15.8. The highest BCUT2D eigenvalue weighted by Crippen LogP contribution is 2.12. The molecule has 0 radical (unpaired) electrons. The first-order valence-electron chi connectivity index (χ1n) is 6.49. The summed E-state index contributed by atoms with van der Waals surface area (Å²) in [6.45, 7) is 3.13. The molecular weight excluding hydrogens is 262 g/mol. The number of piperazine rings is 1. The minimum atomic E-state index is -1.12. The number of hydrogen-bond acceptors (Lipinski definition) is 3. The highest BCUT2D eigenvalue weighted by atomic mass is 16.4. The van der Waals surface area contributed by atoms with Crippen molar-refractivity contribution < 1.29 is 19.5 Å². The van der Waals surface area contributed by atoms with Crippen LogP contribution < -0.4 is 5.32 Å². The number of carboxylic acids is 1. The summed E-state index contributed by atoms with van der Waals surface area (Å²) < 4.78 is 0. The van der Waals surface area contributed by atoms with Crippen LogP contribution in [-0.2, 0) is 9.59 Å². The lowest BCUT2D eigenvalue weighted by Gasteiger charge is -2.37. The van der Waals surface area contributed by atoms with E-state index in [9.17, 15) is 14.4 Å². The molecule has 1 unspecified atom stereocenters. The van der Waals surface area contributed by atoms with E-state index >= 15 is 0 Å². The lowest BCUT2D eigenvalue weighted by molar-refractivity contribution is -0.142. The van der Waals surface area contributed by atoms with Gasteiger partial charge in [-0.15, -0.1) is 6.42 Å². The molecule has 1 saturated heterocycles. The van der Waals surface area contributed by atoms with Crippen molar-refractivity contribution in [2.75, 3.05) is 26.2 Å². The Morgan fingerprint density at radius 2 is 2.30 bits per heavy atom. The number of carbonyl (C=O) groups excluding carboxylic acids is 2. The van der Waals surface area contributed by atoms with Crippen molar-refractivity contribution in [1.29, 1.82) is 0 Å². The van der Waals surface area contributed by atoms with Crippen LogP contribution in [0.2, 0.25) is 0 Å². The van der Waals surface area contributed by atoms with E-state index < -0.39 is 24.3 Å². The van der Waals surface area contributed by atoms with Crippen LogP contribution in [0.15, 0.2) is 0 Å². The van der Waals surface area contributed by atoms with Gasteiger partial charge in [0.1, 0.15) is 6.04 Å². The Labute approximate surface area is 117 Å². The molecule has 7 heteroatoms. The largest absolute Gasteiger partial charge is 0.481 e. The number of rotatable bonds is 5. The van der Waals surface area contributed by atoms with Gasteiger partial charge in [-0.2, -0.15) is 0 Å². The lowest BCUT2D eigenvalue weighted by atomic mass is 10.1. The molecule has 1 fully saturated rings. The smallest absolute Gasteiger partial charge is 0.321 e. The van der Waals surface area contributed by atoms with Gasteiger partial charge in [-0.1, -0.05) is 12.8 Å². The zero-order valence-corrected chi connectivity index (χ0v) is 11.5. The van der Waals surface area contributed by atoms with Gasteiger partial charge in [-0.3, -0.25) is 9.59 Å². The van der Waals surface area contributed by atoms with E-state index in [-0.39, 0.29) is 19.1 Å². The van der Waals surface area contributed by atoms with Gasteiger partial charge in [0.2, 0.25) is 5.91 Å².